The fourth-order valence-electron chi connectivity index (χ4n) is 2.68. The molecule has 3 aromatic carbocycles. The van der Waals surface area contributed by atoms with E-state index in [1.54, 1.807) is 36.4 Å². The molecule has 0 saturated heterocycles. The van der Waals surface area contributed by atoms with E-state index in [-0.39, 0.29) is 11.7 Å². The SMILES string of the molecule is O=C(Nc1ccc(-c2csc(Nc3cccc(F)c3)n2)cc1)c1ccc(Cl)cc1. The molecule has 0 fully saturated rings. The Balaban J connectivity index is 1.43. The third-order valence-electron chi connectivity index (χ3n) is 4.13. The summed E-state index contributed by atoms with van der Waals surface area (Å²) in [5.74, 6) is -0.507. The Kier molecular flexibility index (Phi) is 5.55. The number of hydrogen-bond donors (Lipinski definition) is 2. The lowest BCUT2D eigenvalue weighted by molar-refractivity contribution is 0.102. The summed E-state index contributed by atoms with van der Waals surface area (Å²) in [6.45, 7) is 0. The molecule has 1 heterocycles. The predicted octanol–water partition coefficient (Wildman–Crippen LogP) is 6.60. The maximum absolute atomic E-state index is 13.3. The number of nitrogens with one attached hydrogen (secondary N) is 2. The quantitative estimate of drug-likeness (QED) is 0.380. The van der Waals surface area contributed by atoms with Crippen LogP contribution in [0.3, 0.4) is 0 Å². The highest BCUT2D eigenvalue weighted by Crippen LogP contribution is 2.28. The van der Waals surface area contributed by atoms with E-state index in [0.717, 1.165) is 11.3 Å². The van der Waals surface area contributed by atoms with Crippen molar-refractivity contribution in [3.05, 3.63) is 94.6 Å². The van der Waals surface area contributed by atoms with Gasteiger partial charge in [0.05, 0.1) is 5.69 Å². The molecular formula is C22H15ClFN3OS. The highest BCUT2D eigenvalue weighted by molar-refractivity contribution is 7.14. The van der Waals surface area contributed by atoms with Crippen molar-refractivity contribution in [2.45, 2.75) is 0 Å². The van der Waals surface area contributed by atoms with Gasteiger partial charge in [-0.1, -0.05) is 29.8 Å². The summed E-state index contributed by atoms with van der Waals surface area (Å²) in [6.07, 6.45) is 0. The molecule has 4 rings (SSSR count). The standard InChI is InChI=1S/C22H15ClFN3OS/c23-16-8-4-15(5-9-16)21(28)25-18-10-6-14(7-11-18)20-13-29-22(27-20)26-19-3-1-2-17(24)12-19/h1-13H,(H,25,28)(H,26,27). The smallest absolute Gasteiger partial charge is 0.255 e. The van der Waals surface area contributed by atoms with Crippen LogP contribution in [0.4, 0.5) is 20.9 Å². The first-order valence-corrected chi connectivity index (χ1v) is 9.98. The summed E-state index contributed by atoms with van der Waals surface area (Å²) in [4.78, 5) is 16.8. The molecule has 2 N–H and O–H groups in total. The van der Waals surface area contributed by atoms with Crippen LogP contribution in [0.25, 0.3) is 11.3 Å². The van der Waals surface area contributed by atoms with Crippen molar-refractivity contribution in [1.82, 2.24) is 4.98 Å². The largest absolute Gasteiger partial charge is 0.331 e. The zero-order chi connectivity index (χ0) is 20.2. The monoisotopic (exact) mass is 423 g/mol. The van der Waals surface area contributed by atoms with Crippen molar-refractivity contribution < 1.29 is 9.18 Å². The van der Waals surface area contributed by atoms with Crippen LogP contribution in [0.1, 0.15) is 10.4 Å². The Morgan fingerprint density at radius 3 is 2.45 bits per heavy atom. The second-order valence-electron chi connectivity index (χ2n) is 6.21. The van der Waals surface area contributed by atoms with Crippen molar-refractivity contribution in [2.24, 2.45) is 0 Å². The second kappa shape index (κ2) is 8.43. The first kappa shape index (κ1) is 19.1. The zero-order valence-electron chi connectivity index (χ0n) is 15.0. The van der Waals surface area contributed by atoms with Gasteiger partial charge in [0, 0.05) is 32.9 Å². The molecule has 1 amide bonds. The predicted molar refractivity (Wildman–Crippen MR) is 117 cm³/mol. The van der Waals surface area contributed by atoms with E-state index in [1.807, 2.05) is 29.6 Å². The molecule has 0 bridgehead atoms. The van der Waals surface area contributed by atoms with Crippen LogP contribution in [-0.4, -0.2) is 10.9 Å². The fraction of sp³-hybridized carbons (Fsp3) is 0. The second-order valence-corrected chi connectivity index (χ2v) is 7.51. The molecule has 0 saturated carbocycles. The normalized spacial score (nSPS) is 10.6. The lowest BCUT2D eigenvalue weighted by atomic mass is 10.1. The Morgan fingerprint density at radius 1 is 0.966 bits per heavy atom. The Labute approximate surface area is 176 Å². The van der Waals surface area contributed by atoms with Crippen LogP contribution >= 0.6 is 22.9 Å². The molecule has 144 valence electrons. The minimum atomic E-state index is -0.303. The molecule has 4 nitrogen and oxygen atoms in total. The van der Waals surface area contributed by atoms with E-state index in [1.165, 1.54) is 23.5 Å². The number of anilines is 3. The summed E-state index contributed by atoms with van der Waals surface area (Å²) >= 11 is 7.28. The Hall–Kier alpha value is -3.22. The molecule has 4 aromatic rings. The highest BCUT2D eigenvalue weighted by Gasteiger charge is 2.08. The van der Waals surface area contributed by atoms with E-state index in [0.29, 0.717) is 27.1 Å². The number of thiazole rings is 1. The average Bonchev–Trinajstić information content (AvgIpc) is 3.17. The molecule has 0 aliphatic heterocycles. The summed E-state index contributed by atoms with van der Waals surface area (Å²) in [5.41, 5.74) is 3.57. The summed E-state index contributed by atoms with van der Waals surface area (Å²) in [7, 11) is 0. The highest BCUT2D eigenvalue weighted by atomic mass is 35.5. The van der Waals surface area contributed by atoms with Crippen molar-refractivity contribution in [2.75, 3.05) is 10.6 Å². The van der Waals surface area contributed by atoms with Crippen LogP contribution < -0.4 is 10.6 Å². The number of amides is 1. The first-order valence-electron chi connectivity index (χ1n) is 8.72. The summed E-state index contributed by atoms with van der Waals surface area (Å²) < 4.78 is 13.3. The van der Waals surface area contributed by atoms with Crippen LogP contribution in [0.2, 0.25) is 5.02 Å². The molecular weight excluding hydrogens is 409 g/mol. The summed E-state index contributed by atoms with van der Waals surface area (Å²) in [6, 6.07) is 20.4. The maximum atomic E-state index is 13.3. The van der Waals surface area contributed by atoms with Gasteiger partial charge in [0.15, 0.2) is 5.13 Å². The van der Waals surface area contributed by atoms with Crippen LogP contribution in [0.15, 0.2) is 78.2 Å². The summed E-state index contributed by atoms with van der Waals surface area (Å²) in [5, 5.41) is 9.12. The van der Waals surface area contributed by atoms with E-state index < -0.39 is 0 Å². The fourth-order valence-corrected chi connectivity index (χ4v) is 3.55. The van der Waals surface area contributed by atoms with Gasteiger partial charge in [-0.2, -0.15) is 0 Å². The van der Waals surface area contributed by atoms with Gasteiger partial charge in [0.2, 0.25) is 0 Å². The van der Waals surface area contributed by atoms with Crippen LogP contribution in [0.5, 0.6) is 0 Å². The molecule has 0 unspecified atom stereocenters. The van der Waals surface area contributed by atoms with Crippen molar-refractivity contribution in [3.8, 4) is 11.3 Å². The third-order valence-corrected chi connectivity index (χ3v) is 5.13. The molecule has 0 atom stereocenters. The molecule has 29 heavy (non-hydrogen) atoms. The number of carbonyl (C=O) groups is 1. The van der Waals surface area contributed by atoms with E-state index in [9.17, 15) is 9.18 Å². The molecule has 0 spiro atoms. The van der Waals surface area contributed by atoms with Crippen LogP contribution in [0, 0.1) is 5.82 Å². The van der Waals surface area contributed by atoms with E-state index >= 15 is 0 Å². The molecule has 7 heteroatoms. The topological polar surface area (TPSA) is 54.0 Å². The average molecular weight is 424 g/mol. The number of halogens is 2. The maximum Gasteiger partial charge on any atom is 0.255 e. The molecule has 0 aliphatic carbocycles. The van der Waals surface area contributed by atoms with Gasteiger partial charge in [0.25, 0.3) is 5.91 Å². The number of nitrogens with zero attached hydrogens (tertiary/aromatic N) is 1. The van der Waals surface area contributed by atoms with Crippen molar-refractivity contribution >= 4 is 45.4 Å². The Morgan fingerprint density at radius 2 is 1.72 bits per heavy atom. The van der Waals surface area contributed by atoms with E-state index in [4.69, 9.17) is 11.6 Å². The van der Waals surface area contributed by atoms with Gasteiger partial charge in [-0.25, -0.2) is 9.37 Å². The Bertz CT molecular complexity index is 1140. The lowest BCUT2D eigenvalue weighted by Gasteiger charge is -2.06. The number of aromatic nitrogens is 1. The number of carbonyl (C=O) groups excluding carboxylic acids is 1. The third kappa shape index (κ3) is 4.80. The van der Waals surface area contributed by atoms with Crippen molar-refractivity contribution in [3.63, 3.8) is 0 Å². The zero-order valence-corrected chi connectivity index (χ0v) is 16.6. The number of rotatable bonds is 5. The molecule has 0 aliphatic rings. The van der Waals surface area contributed by atoms with Gasteiger partial charge < -0.3 is 10.6 Å². The number of benzene rings is 3. The van der Waals surface area contributed by atoms with Gasteiger partial charge in [-0.05, 0) is 54.6 Å². The van der Waals surface area contributed by atoms with Gasteiger partial charge in [0.1, 0.15) is 5.82 Å². The first-order chi connectivity index (χ1) is 14.1. The van der Waals surface area contributed by atoms with E-state index in [2.05, 4.69) is 15.6 Å². The molecule has 1 aromatic heterocycles. The van der Waals surface area contributed by atoms with Crippen molar-refractivity contribution in [1.29, 1.82) is 0 Å². The van der Waals surface area contributed by atoms with Crippen LogP contribution in [-0.2, 0) is 0 Å². The van der Waals surface area contributed by atoms with Gasteiger partial charge >= 0.3 is 0 Å². The minimum Gasteiger partial charge on any atom is -0.331 e. The van der Waals surface area contributed by atoms with Gasteiger partial charge in [-0.15, -0.1) is 11.3 Å². The van der Waals surface area contributed by atoms with Gasteiger partial charge in [-0.3, -0.25) is 4.79 Å². The lowest BCUT2D eigenvalue weighted by Crippen LogP contribution is -2.11. The molecule has 0 radical (unpaired) electrons. The number of hydrogen-bond acceptors (Lipinski definition) is 4. The minimum absolute atomic E-state index is 0.204.